The van der Waals surface area contributed by atoms with Gasteiger partial charge >= 0.3 is 6.18 Å². The minimum Gasteiger partial charge on any atom is -0.373 e. The van der Waals surface area contributed by atoms with Crippen LogP contribution in [0.3, 0.4) is 0 Å². The Hall–Kier alpha value is -1.68. The maximum atomic E-state index is 13.4. The highest BCUT2D eigenvalue weighted by atomic mass is 19.4. The molecule has 0 saturated carbocycles. The van der Waals surface area contributed by atoms with E-state index in [1.807, 2.05) is 6.92 Å². The second-order valence-electron chi connectivity index (χ2n) is 7.32. The molecule has 4 rings (SSSR count). The van der Waals surface area contributed by atoms with Gasteiger partial charge in [0, 0.05) is 26.2 Å². The zero-order chi connectivity index (χ0) is 18.5. The predicted molar refractivity (Wildman–Crippen MR) is 83.9 cm³/mol. The average molecular weight is 373 g/mol. The molecule has 0 radical (unpaired) electrons. The molecule has 1 aromatic heterocycles. The molecule has 4 atom stereocenters. The molecule has 3 fully saturated rings. The molecule has 3 aliphatic heterocycles. The number of carbonyl (C=O) groups is 1. The first-order chi connectivity index (χ1) is 12.3. The molecule has 1 aromatic rings. The summed E-state index contributed by atoms with van der Waals surface area (Å²) < 4.78 is 45.7. The van der Waals surface area contributed by atoms with Crippen molar-refractivity contribution in [2.75, 3.05) is 26.2 Å². The van der Waals surface area contributed by atoms with Crippen LogP contribution in [-0.2, 0) is 16.1 Å². The molecular formula is C16H22F3N5O2. The van der Waals surface area contributed by atoms with Crippen LogP contribution in [0.5, 0.6) is 0 Å². The molecule has 7 nitrogen and oxygen atoms in total. The van der Waals surface area contributed by atoms with Crippen LogP contribution in [0, 0.1) is 18.8 Å². The lowest BCUT2D eigenvalue weighted by Gasteiger charge is -2.38. The Kier molecular flexibility index (Phi) is 4.42. The number of halogens is 3. The number of hydrogen-bond acceptors (Lipinski definition) is 5. The van der Waals surface area contributed by atoms with E-state index in [-0.39, 0.29) is 0 Å². The van der Waals surface area contributed by atoms with Gasteiger partial charge in [-0.05, 0) is 19.8 Å². The summed E-state index contributed by atoms with van der Waals surface area (Å²) in [5.74, 6) is -1.74. The van der Waals surface area contributed by atoms with Gasteiger partial charge in [0.2, 0.25) is 5.91 Å². The molecule has 0 aromatic carbocycles. The summed E-state index contributed by atoms with van der Waals surface area (Å²) in [4.78, 5) is 20.7. The first kappa shape index (κ1) is 17.7. The zero-order valence-corrected chi connectivity index (χ0v) is 14.5. The van der Waals surface area contributed by atoms with Crippen LogP contribution in [0.15, 0.2) is 0 Å². The van der Waals surface area contributed by atoms with Gasteiger partial charge in [0.1, 0.15) is 5.82 Å². The van der Waals surface area contributed by atoms with Crippen LogP contribution in [0.4, 0.5) is 13.2 Å². The number of piperazine rings is 1. The second-order valence-corrected chi connectivity index (χ2v) is 7.32. The number of alkyl halides is 3. The van der Waals surface area contributed by atoms with Gasteiger partial charge < -0.3 is 9.64 Å². The van der Waals surface area contributed by atoms with E-state index >= 15 is 0 Å². The monoisotopic (exact) mass is 373 g/mol. The number of H-pyrrole nitrogens is 1. The van der Waals surface area contributed by atoms with Gasteiger partial charge in [-0.25, -0.2) is 4.98 Å². The summed E-state index contributed by atoms with van der Waals surface area (Å²) in [5.41, 5.74) is 0. The number of aryl methyl sites for hydroxylation is 1. The van der Waals surface area contributed by atoms with Gasteiger partial charge in [-0.15, -0.1) is 0 Å². The summed E-state index contributed by atoms with van der Waals surface area (Å²) >= 11 is 0. The summed E-state index contributed by atoms with van der Waals surface area (Å²) in [6, 6.07) is 0. The van der Waals surface area contributed by atoms with Gasteiger partial charge in [-0.3, -0.25) is 14.8 Å². The summed E-state index contributed by atoms with van der Waals surface area (Å²) in [5, 5.41) is 6.87. The fourth-order valence-corrected chi connectivity index (χ4v) is 4.40. The van der Waals surface area contributed by atoms with E-state index in [4.69, 9.17) is 4.74 Å². The van der Waals surface area contributed by atoms with E-state index in [1.165, 1.54) is 0 Å². The molecule has 3 aliphatic rings. The molecule has 0 spiro atoms. The van der Waals surface area contributed by atoms with E-state index < -0.39 is 36.1 Å². The number of carbonyl (C=O) groups excluding carboxylic acids is 1. The number of amides is 1. The highest BCUT2D eigenvalue weighted by molar-refractivity contribution is 5.80. The zero-order valence-electron chi connectivity index (χ0n) is 14.5. The Labute approximate surface area is 148 Å². The third-order valence-electron chi connectivity index (χ3n) is 5.63. The molecule has 26 heavy (non-hydrogen) atoms. The van der Waals surface area contributed by atoms with Crippen molar-refractivity contribution in [1.82, 2.24) is 25.0 Å². The number of aromatic nitrogens is 3. The highest BCUT2D eigenvalue weighted by Crippen LogP contribution is 2.51. The van der Waals surface area contributed by atoms with Crippen LogP contribution >= 0.6 is 0 Å². The van der Waals surface area contributed by atoms with Crippen molar-refractivity contribution >= 4 is 5.91 Å². The third kappa shape index (κ3) is 3.20. The Balaban J connectivity index is 1.37. The quantitative estimate of drug-likeness (QED) is 0.859. The lowest BCUT2D eigenvalue weighted by atomic mass is 9.78. The van der Waals surface area contributed by atoms with Crippen LogP contribution in [0.2, 0.25) is 0 Å². The van der Waals surface area contributed by atoms with E-state index in [1.54, 1.807) is 4.90 Å². The predicted octanol–water partition coefficient (Wildman–Crippen LogP) is 1.11. The normalized spacial score (nSPS) is 32.4. The van der Waals surface area contributed by atoms with Crippen molar-refractivity contribution in [3.8, 4) is 0 Å². The van der Waals surface area contributed by atoms with Crippen LogP contribution in [-0.4, -0.2) is 75.5 Å². The van der Waals surface area contributed by atoms with Gasteiger partial charge in [-0.1, -0.05) is 0 Å². The SMILES string of the molecule is Cc1nc(CN2CCN(C(=O)C3C4CCC(O4)C3C(F)(F)F)CC2)n[nH]1. The molecule has 4 heterocycles. The number of ether oxygens (including phenoxy) is 1. The summed E-state index contributed by atoms with van der Waals surface area (Å²) in [6.45, 7) is 4.41. The van der Waals surface area contributed by atoms with Crippen LogP contribution in [0.25, 0.3) is 0 Å². The Morgan fingerprint density at radius 1 is 1.23 bits per heavy atom. The minimum atomic E-state index is -4.40. The second kappa shape index (κ2) is 6.49. The molecular weight excluding hydrogens is 351 g/mol. The largest absolute Gasteiger partial charge is 0.395 e. The Morgan fingerprint density at radius 3 is 2.54 bits per heavy atom. The fourth-order valence-electron chi connectivity index (χ4n) is 4.40. The number of hydrogen-bond donors (Lipinski definition) is 1. The summed E-state index contributed by atoms with van der Waals surface area (Å²) in [7, 11) is 0. The minimum absolute atomic E-state index is 0.391. The van der Waals surface area contributed by atoms with E-state index in [2.05, 4.69) is 20.1 Å². The van der Waals surface area contributed by atoms with Crippen molar-refractivity contribution in [2.24, 2.45) is 11.8 Å². The number of rotatable bonds is 3. The van der Waals surface area contributed by atoms with Crippen LogP contribution in [0.1, 0.15) is 24.5 Å². The fraction of sp³-hybridized carbons (Fsp3) is 0.812. The topological polar surface area (TPSA) is 74.3 Å². The lowest BCUT2D eigenvalue weighted by Crippen LogP contribution is -2.54. The highest BCUT2D eigenvalue weighted by Gasteiger charge is 2.63. The van der Waals surface area contributed by atoms with Crippen LogP contribution < -0.4 is 0 Å². The maximum absolute atomic E-state index is 13.4. The van der Waals surface area contributed by atoms with E-state index in [9.17, 15) is 18.0 Å². The molecule has 10 heteroatoms. The number of aromatic amines is 1. The smallest absolute Gasteiger partial charge is 0.373 e. The average Bonchev–Trinajstić information content (AvgIpc) is 3.30. The summed E-state index contributed by atoms with van der Waals surface area (Å²) in [6.07, 6.45) is -4.91. The Morgan fingerprint density at radius 2 is 1.92 bits per heavy atom. The molecule has 1 N–H and O–H groups in total. The van der Waals surface area contributed by atoms with Crippen molar-refractivity contribution < 1.29 is 22.7 Å². The van der Waals surface area contributed by atoms with Gasteiger partial charge in [-0.2, -0.15) is 18.3 Å². The number of nitrogens with zero attached hydrogens (tertiary/aromatic N) is 4. The molecule has 4 unspecified atom stereocenters. The maximum Gasteiger partial charge on any atom is 0.395 e. The molecule has 3 saturated heterocycles. The van der Waals surface area contributed by atoms with Gasteiger partial charge in [0.25, 0.3) is 0 Å². The first-order valence-electron chi connectivity index (χ1n) is 8.94. The lowest BCUT2D eigenvalue weighted by molar-refractivity contribution is -0.199. The van der Waals surface area contributed by atoms with E-state index in [0.717, 1.165) is 5.82 Å². The van der Waals surface area contributed by atoms with E-state index in [0.29, 0.717) is 51.4 Å². The number of nitrogens with one attached hydrogen (secondary N) is 1. The Bertz CT molecular complexity index is 671. The molecule has 0 aliphatic carbocycles. The molecule has 144 valence electrons. The van der Waals surface area contributed by atoms with Gasteiger partial charge in [0.05, 0.1) is 30.6 Å². The first-order valence-corrected chi connectivity index (χ1v) is 8.94. The standard InChI is InChI=1S/C16H22F3N5O2/c1-9-20-12(22-21-9)8-23-4-6-24(7-5-23)15(25)13-10-2-3-11(26-10)14(13)16(17,18)19/h10-11,13-14H,2-8H2,1H3,(H,20,21,22). The van der Waals surface area contributed by atoms with Crippen molar-refractivity contribution in [3.63, 3.8) is 0 Å². The van der Waals surface area contributed by atoms with Gasteiger partial charge in [0.15, 0.2) is 5.82 Å². The molecule has 1 amide bonds. The van der Waals surface area contributed by atoms with Crippen molar-refractivity contribution in [1.29, 1.82) is 0 Å². The van der Waals surface area contributed by atoms with Crippen molar-refractivity contribution in [3.05, 3.63) is 11.6 Å². The number of fused-ring (bicyclic) bond motifs is 2. The third-order valence-corrected chi connectivity index (χ3v) is 5.63. The van der Waals surface area contributed by atoms with Crippen molar-refractivity contribution in [2.45, 2.75) is 44.7 Å². The molecule has 2 bridgehead atoms.